The number of hydrogen-bond donors (Lipinski definition) is 2. The SMILES string of the molecule is COc1ccc(Cc2nc(NC(=O)Cc3csc(-n4cccc4)n3)n[nH]2)cc1. The van der Waals surface area contributed by atoms with Crippen LogP contribution in [0.3, 0.4) is 0 Å². The molecule has 3 aromatic heterocycles. The van der Waals surface area contributed by atoms with Crippen molar-refractivity contribution >= 4 is 23.2 Å². The normalized spacial score (nSPS) is 10.8. The van der Waals surface area contributed by atoms with Crippen LogP contribution in [0.1, 0.15) is 17.1 Å². The van der Waals surface area contributed by atoms with E-state index in [1.165, 1.54) is 11.3 Å². The largest absolute Gasteiger partial charge is 0.497 e. The molecule has 28 heavy (non-hydrogen) atoms. The molecule has 9 heteroatoms. The number of methoxy groups -OCH3 is 1. The third-order valence-corrected chi connectivity index (χ3v) is 4.92. The fourth-order valence-electron chi connectivity index (χ4n) is 2.66. The van der Waals surface area contributed by atoms with E-state index >= 15 is 0 Å². The number of benzene rings is 1. The van der Waals surface area contributed by atoms with E-state index < -0.39 is 0 Å². The van der Waals surface area contributed by atoms with Crippen LogP contribution in [0.5, 0.6) is 5.75 Å². The topological polar surface area (TPSA) is 97.7 Å². The number of H-pyrrole nitrogens is 1. The van der Waals surface area contributed by atoms with Gasteiger partial charge in [-0.05, 0) is 29.8 Å². The number of carbonyl (C=O) groups is 1. The van der Waals surface area contributed by atoms with E-state index in [0.717, 1.165) is 16.4 Å². The third-order valence-electron chi connectivity index (χ3n) is 4.02. The average Bonchev–Trinajstić information content (AvgIpc) is 3.44. The molecular weight excluding hydrogens is 376 g/mol. The highest BCUT2D eigenvalue weighted by atomic mass is 32.1. The van der Waals surface area contributed by atoms with Crippen molar-refractivity contribution in [3.63, 3.8) is 0 Å². The molecule has 4 rings (SSSR count). The van der Waals surface area contributed by atoms with E-state index in [-0.39, 0.29) is 18.3 Å². The van der Waals surface area contributed by atoms with Crippen LogP contribution in [0.4, 0.5) is 5.95 Å². The lowest BCUT2D eigenvalue weighted by Gasteiger charge is -2.01. The van der Waals surface area contributed by atoms with E-state index in [4.69, 9.17) is 4.74 Å². The summed E-state index contributed by atoms with van der Waals surface area (Å²) in [6, 6.07) is 11.6. The Morgan fingerprint density at radius 1 is 1.21 bits per heavy atom. The Morgan fingerprint density at radius 2 is 2.00 bits per heavy atom. The van der Waals surface area contributed by atoms with Crippen LogP contribution >= 0.6 is 11.3 Å². The summed E-state index contributed by atoms with van der Waals surface area (Å²) in [6.07, 6.45) is 4.58. The van der Waals surface area contributed by atoms with Gasteiger partial charge in [0.1, 0.15) is 11.6 Å². The fraction of sp³-hybridized carbons (Fsp3) is 0.158. The number of amides is 1. The van der Waals surface area contributed by atoms with Crippen LogP contribution in [0.25, 0.3) is 5.13 Å². The first kappa shape index (κ1) is 17.9. The minimum Gasteiger partial charge on any atom is -0.497 e. The second-order valence-electron chi connectivity index (χ2n) is 6.07. The molecule has 8 nitrogen and oxygen atoms in total. The Labute approximate surface area is 165 Å². The molecular formula is C19H18N6O2S. The number of aromatic nitrogens is 5. The van der Waals surface area contributed by atoms with Gasteiger partial charge >= 0.3 is 0 Å². The summed E-state index contributed by atoms with van der Waals surface area (Å²) < 4.78 is 7.06. The van der Waals surface area contributed by atoms with Crippen molar-refractivity contribution in [3.8, 4) is 10.9 Å². The summed E-state index contributed by atoms with van der Waals surface area (Å²) in [5.41, 5.74) is 1.77. The number of ether oxygens (including phenoxy) is 1. The fourth-order valence-corrected chi connectivity index (χ4v) is 3.45. The van der Waals surface area contributed by atoms with E-state index in [1.54, 1.807) is 7.11 Å². The van der Waals surface area contributed by atoms with Crippen LogP contribution in [0, 0.1) is 0 Å². The van der Waals surface area contributed by atoms with Gasteiger partial charge in [-0.2, -0.15) is 4.98 Å². The van der Waals surface area contributed by atoms with Gasteiger partial charge in [-0.15, -0.1) is 16.4 Å². The van der Waals surface area contributed by atoms with E-state index in [1.807, 2.05) is 58.7 Å². The lowest BCUT2D eigenvalue weighted by atomic mass is 10.1. The highest BCUT2D eigenvalue weighted by Gasteiger charge is 2.12. The summed E-state index contributed by atoms with van der Waals surface area (Å²) in [4.78, 5) is 21.0. The van der Waals surface area contributed by atoms with Crippen molar-refractivity contribution in [1.82, 2.24) is 24.7 Å². The highest BCUT2D eigenvalue weighted by molar-refractivity contribution is 7.12. The van der Waals surface area contributed by atoms with Crippen LogP contribution < -0.4 is 10.1 Å². The maximum atomic E-state index is 12.3. The molecule has 4 aromatic rings. The van der Waals surface area contributed by atoms with Crippen molar-refractivity contribution in [2.75, 3.05) is 12.4 Å². The van der Waals surface area contributed by atoms with Gasteiger partial charge in [-0.1, -0.05) is 12.1 Å². The van der Waals surface area contributed by atoms with Crippen LogP contribution in [0.2, 0.25) is 0 Å². The lowest BCUT2D eigenvalue weighted by molar-refractivity contribution is -0.115. The zero-order chi connectivity index (χ0) is 19.3. The number of aromatic amines is 1. The zero-order valence-corrected chi connectivity index (χ0v) is 15.9. The van der Waals surface area contributed by atoms with Crippen LogP contribution in [-0.2, 0) is 17.6 Å². The van der Waals surface area contributed by atoms with Gasteiger partial charge in [0, 0.05) is 24.2 Å². The zero-order valence-electron chi connectivity index (χ0n) is 15.1. The van der Waals surface area contributed by atoms with E-state index in [2.05, 4.69) is 25.5 Å². The van der Waals surface area contributed by atoms with E-state index in [9.17, 15) is 4.79 Å². The summed E-state index contributed by atoms with van der Waals surface area (Å²) in [7, 11) is 1.63. The molecule has 1 amide bonds. The Bertz CT molecular complexity index is 1050. The second-order valence-corrected chi connectivity index (χ2v) is 6.90. The van der Waals surface area contributed by atoms with Gasteiger partial charge in [0.25, 0.3) is 0 Å². The highest BCUT2D eigenvalue weighted by Crippen LogP contribution is 2.16. The van der Waals surface area contributed by atoms with Crippen LogP contribution in [0.15, 0.2) is 54.2 Å². The predicted octanol–water partition coefficient (Wildman–Crippen LogP) is 2.83. The van der Waals surface area contributed by atoms with Gasteiger partial charge in [0.15, 0.2) is 5.13 Å². The van der Waals surface area contributed by atoms with Crippen molar-refractivity contribution in [1.29, 1.82) is 0 Å². The Morgan fingerprint density at radius 3 is 2.75 bits per heavy atom. The van der Waals surface area contributed by atoms with Gasteiger partial charge in [-0.3, -0.25) is 15.2 Å². The van der Waals surface area contributed by atoms with Gasteiger partial charge in [-0.25, -0.2) is 4.98 Å². The Kier molecular flexibility index (Phi) is 5.16. The number of hydrogen-bond acceptors (Lipinski definition) is 6. The summed E-state index contributed by atoms with van der Waals surface area (Å²) in [5.74, 6) is 1.52. The first-order valence-corrected chi connectivity index (χ1v) is 9.49. The minimum absolute atomic E-state index is 0.167. The molecule has 0 aliphatic carbocycles. The second kappa shape index (κ2) is 8.05. The molecule has 142 valence electrons. The van der Waals surface area contributed by atoms with Crippen molar-refractivity contribution in [2.45, 2.75) is 12.8 Å². The molecule has 0 atom stereocenters. The number of carbonyl (C=O) groups excluding carboxylic acids is 1. The molecule has 0 fully saturated rings. The van der Waals surface area contributed by atoms with Crippen molar-refractivity contribution in [3.05, 3.63) is 71.3 Å². The molecule has 0 spiro atoms. The first-order chi connectivity index (χ1) is 13.7. The Hall–Kier alpha value is -3.46. The molecule has 1 aromatic carbocycles. The number of nitrogens with one attached hydrogen (secondary N) is 2. The molecule has 0 saturated heterocycles. The molecule has 0 bridgehead atoms. The number of rotatable bonds is 7. The standard InChI is InChI=1S/C19H18N6O2S/c1-27-15-6-4-13(5-7-15)10-16-21-18(24-23-16)22-17(26)11-14-12-28-19(20-14)25-8-2-3-9-25/h2-9,12H,10-11H2,1H3,(H2,21,22,23,24,26). The maximum Gasteiger partial charge on any atom is 0.248 e. The maximum absolute atomic E-state index is 12.3. The number of thiazole rings is 1. The predicted molar refractivity (Wildman–Crippen MR) is 106 cm³/mol. The van der Waals surface area contributed by atoms with E-state index in [0.29, 0.717) is 17.9 Å². The molecule has 2 N–H and O–H groups in total. The van der Waals surface area contributed by atoms with Gasteiger partial charge < -0.3 is 9.30 Å². The van der Waals surface area contributed by atoms with Gasteiger partial charge in [0.05, 0.1) is 19.2 Å². The molecule has 0 aliphatic heterocycles. The summed E-state index contributed by atoms with van der Waals surface area (Å²) in [5, 5.41) is 12.3. The number of nitrogens with zero attached hydrogens (tertiary/aromatic N) is 4. The first-order valence-electron chi connectivity index (χ1n) is 8.61. The smallest absolute Gasteiger partial charge is 0.248 e. The average molecular weight is 394 g/mol. The van der Waals surface area contributed by atoms with Gasteiger partial charge in [0.2, 0.25) is 11.9 Å². The molecule has 0 unspecified atom stereocenters. The van der Waals surface area contributed by atoms with Crippen LogP contribution in [-0.4, -0.2) is 37.7 Å². The monoisotopic (exact) mass is 394 g/mol. The Balaban J connectivity index is 1.33. The molecule has 0 saturated carbocycles. The third kappa shape index (κ3) is 4.26. The van der Waals surface area contributed by atoms with Crippen molar-refractivity contribution < 1.29 is 9.53 Å². The molecule has 0 radical (unpaired) electrons. The number of anilines is 1. The minimum atomic E-state index is -0.209. The quantitative estimate of drug-likeness (QED) is 0.502. The molecule has 0 aliphatic rings. The summed E-state index contributed by atoms with van der Waals surface area (Å²) >= 11 is 1.49. The molecule has 3 heterocycles. The lowest BCUT2D eigenvalue weighted by Crippen LogP contribution is -2.15. The summed E-state index contributed by atoms with van der Waals surface area (Å²) in [6.45, 7) is 0. The van der Waals surface area contributed by atoms with Crippen molar-refractivity contribution in [2.24, 2.45) is 0 Å².